The molecular weight excluding hydrogens is 564 g/mol. The molecule has 6 aromatic heterocycles. The lowest BCUT2D eigenvalue weighted by molar-refractivity contribution is -0.131. The van der Waals surface area contributed by atoms with Crippen molar-refractivity contribution in [2.24, 2.45) is 0 Å². The second-order valence-electron chi connectivity index (χ2n) is 12.0. The monoisotopic (exact) mass is 600 g/mol. The zero-order chi connectivity index (χ0) is 30.2. The lowest BCUT2D eigenvalue weighted by Crippen LogP contribution is -2.39. The fourth-order valence-corrected chi connectivity index (χ4v) is 6.98. The average molecular weight is 601 g/mol. The van der Waals surface area contributed by atoms with Gasteiger partial charge in [-0.25, -0.2) is 19.9 Å². The molecule has 0 unspecified atom stereocenters. The van der Waals surface area contributed by atoms with Crippen molar-refractivity contribution in [1.29, 1.82) is 0 Å². The van der Waals surface area contributed by atoms with Gasteiger partial charge >= 0.3 is 0 Å². The molecule has 2 aliphatic rings. The molecule has 2 aliphatic heterocycles. The molecule has 45 heavy (non-hydrogen) atoms. The summed E-state index contributed by atoms with van der Waals surface area (Å²) in [6.07, 6.45) is 16.1. The van der Waals surface area contributed by atoms with Crippen LogP contribution in [0, 0.1) is 0 Å². The van der Waals surface area contributed by atoms with Crippen molar-refractivity contribution in [1.82, 2.24) is 49.3 Å². The maximum Gasteiger partial charge on any atom is 0.226 e. The van der Waals surface area contributed by atoms with Gasteiger partial charge in [0.2, 0.25) is 5.91 Å². The minimum Gasteiger partial charge on any atom is -0.346 e. The second-order valence-corrected chi connectivity index (χ2v) is 12.0. The Labute approximate surface area is 259 Å². The van der Waals surface area contributed by atoms with Gasteiger partial charge in [0.1, 0.15) is 22.3 Å². The van der Waals surface area contributed by atoms with Crippen molar-refractivity contribution in [2.45, 2.75) is 44.2 Å². The number of H-pyrrole nitrogens is 2. The molecule has 2 saturated heterocycles. The maximum atomic E-state index is 12.6. The van der Waals surface area contributed by atoms with Crippen molar-refractivity contribution in [3.8, 4) is 0 Å². The number of hydrogen-bond donors (Lipinski definition) is 3. The Morgan fingerprint density at radius 3 is 1.84 bits per heavy atom. The van der Waals surface area contributed by atoms with Crippen LogP contribution in [-0.2, 0) is 11.2 Å². The largest absolute Gasteiger partial charge is 0.346 e. The number of imidazole rings is 2. The molecule has 11 heteroatoms. The Morgan fingerprint density at radius 1 is 0.711 bits per heavy atom. The Balaban J connectivity index is 0.000000144. The molecule has 0 radical (unpaired) electrons. The van der Waals surface area contributed by atoms with Gasteiger partial charge in [-0.05, 0) is 56.5 Å². The Bertz CT molecular complexity index is 2070. The first-order valence-electron chi connectivity index (χ1n) is 15.8. The zero-order valence-electron chi connectivity index (χ0n) is 25.1. The molecule has 0 atom stereocenters. The van der Waals surface area contributed by atoms with Gasteiger partial charge < -0.3 is 29.3 Å². The number of likely N-dealkylation sites (tertiary alicyclic amines) is 1. The molecule has 0 spiro atoms. The number of amides is 1. The summed E-state index contributed by atoms with van der Waals surface area (Å²) < 4.78 is 4.60. The molecular formula is C34H36N10O. The minimum absolute atomic E-state index is 0.215. The molecule has 9 rings (SSSR count). The van der Waals surface area contributed by atoms with E-state index in [1.54, 1.807) is 0 Å². The van der Waals surface area contributed by atoms with E-state index < -0.39 is 0 Å². The number of aromatic amines is 2. The highest BCUT2D eigenvalue weighted by Gasteiger charge is 2.25. The summed E-state index contributed by atoms with van der Waals surface area (Å²) in [7, 11) is 0. The van der Waals surface area contributed by atoms with E-state index in [-0.39, 0.29) is 5.91 Å². The van der Waals surface area contributed by atoms with E-state index in [1.165, 1.54) is 23.7 Å². The van der Waals surface area contributed by atoms with E-state index in [0.717, 1.165) is 77.8 Å². The third kappa shape index (κ3) is 5.22. The fourth-order valence-electron chi connectivity index (χ4n) is 6.98. The van der Waals surface area contributed by atoms with Gasteiger partial charge in [0.25, 0.3) is 0 Å². The molecule has 2 fully saturated rings. The predicted octanol–water partition coefficient (Wildman–Crippen LogP) is 5.16. The predicted molar refractivity (Wildman–Crippen MR) is 175 cm³/mol. The van der Waals surface area contributed by atoms with Crippen LogP contribution in [0.25, 0.3) is 44.1 Å². The van der Waals surface area contributed by atoms with Crippen LogP contribution in [0.2, 0.25) is 0 Å². The summed E-state index contributed by atoms with van der Waals surface area (Å²) in [5.74, 6) is 0.215. The summed E-state index contributed by atoms with van der Waals surface area (Å²) in [5, 5.41) is 5.68. The van der Waals surface area contributed by atoms with Crippen LogP contribution in [0.1, 0.15) is 43.3 Å². The lowest BCUT2D eigenvalue weighted by atomic mass is 10.0. The van der Waals surface area contributed by atoms with Gasteiger partial charge in [-0.3, -0.25) is 4.79 Å². The van der Waals surface area contributed by atoms with Crippen molar-refractivity contribution in [3.05, 3.63) is 85.5 Å². The quantitative estimate of drug-likeness (QED) is 0.257. The Hall–Kier alpha value is -5.03. The lowest BCUT2D eigenvalue weighted by Gasteiger charge is -2.33. The van der Waals surface area contributed by atoms with Crippen LogP contribution >= 0.6 is 0 Å². The molecule has 11 nitrogen and oxygen atoms in total. The van der Waals surface area contributed by atoms with Crippen molar-refractivity contribution in [2.75, 3.05) is 26.2 Å². The molecule has 228 valence electrons. The zero-order valence-corrected chi connectivity index (χ0v) is 25.1. The van der Waals surface area contributed by atoms with Crippen LogP contribution in [0.15, 0.2) is 79.9 Å². The molecule has 0 saturated carbocycles. The van der Waals surface area contributed by atoms with E-state index in [0.29, 0.717) is 18.5 Å². The number of piperidine rings is 2. The van der Waals surface area contributed by atoms with Gasteiger partial charge in [-0.15, -0.1) is 0 Å². The highest BCUT2D eigenvalue weighted by molar-refractivity contribution is 6.01. The van der Waals surface area contributed by atoms with Crippen LogP contribution < -0.4 is 5.32 Å². The molecule has 1 amide bonds. The van der Waals surface area contributed by atoms with Crippen LogP contribution in [-0.4, -0.2) is 76.0 Å². The van der Waals surface area contributed by atoms with Gasteiger partial charge in [-0.1, -0.05) is 30.3 Å². The minimum atomic E-state index is 0.215. The van der Waals surface area contributed by atoms with Gasteiger partial charge in [0.15, 0.2) is 0 Å². The topological polar surface area (TPSA) is 125 Å². The number of nitrogens with zero attached hydrogens (tertiary/aromatic N) is 7. The second kappa shape index (κ2) is 11.8. The first-order valence-corrected chi connectivity index (χ1v) is 15.8. The number of nitrogens with one attached hydrogen (secondary N) is 3. The summed E-state index contributed by atoms with van der Waals surface area (Å²) in [6, 6.07) is 15.0. The number of aromatic nitrogens is 8. The molecule has 1 aromatic carbocycles. The first kappa shape index (κ1) is 27.5. The third-order valence-corrected chi connectivity index (χ3v) is 9.35. The van der Waals surface area contributed by atoms with Crippen LogP contribution in [0.5, 0.6) is 0 Å². The van der Waals surface area contributed by atoms with Crippen LogP contribution in [0.4, 0.5) is 0 Å². The van der Waals surface area contributed by atoms with Gasteiger partial charge in [0.05, 0.1) is 42.5 Å². The van der Waals surface area contributed by atoms with E-state index in [4.69, 9.17) is 0 Å². The number of carbonyl (C=O) groups is 1. The summed E-state index contributed by atoms with van der Waals surface area (Å²) in [6.45, 7) is 3.76. The SMILES string of the molecule is O=C(Cc1ccccc1)N1CCC(n2cnc3cnc4[nH]ccc4c32)CC1.c1cc2c(ncc3ncn(C4CCNCC4)c32)[nH]1. The van der Waals surface area contributed by atoms with Crippen LogP contribution in [0.3, 0.4) is 0 Å². The normalized spacial score (nSPS) is 16.5. The average Bonchev–Trinajstić information content (AvgIpc) is 3.91. The highest BCUT2D eigenvalue weighted by atomic mass is 16.2. The molecule has 0 aliphatic carbocycles. The summed E-state index contributed by atoms with van der Waals surface area (Å²) in [4.78, 5) is 38.8. The molecule has 0 bridgehead atoms. The number of pyridine rings is 2. The number of fused-ring (bicyclic) bond motifs is 6. The molecule has 7 aromatic rings. The third-order valence-electron chi connectivity index (χ3n) is 9.35. The molecule has 3 N–H and O–H groups in total. The number of benzene rings is 1. The highest BCUT2D eigenvalue weighted by Crippen LogP contribution is 2.31. The number of hydrogen-bond acceptors (Lipinski definition) is 6. The van der Waals surface area contributed by atoms with Gasteiger partial charge in [0, 0.05) is 48.3 Å². The summed E-state index contributed by atoms with van der Waals surface area (Å²) in [5.41, 5.74) is 7.17. The fraction of sp³-hybridized carbons (Fsp3) is 0.324. The maximum absolute atomic E-state index is 12.6. The standard InChI is InChI=1S/C21H21N5O.C13H15N5/c27-19(12-15-4-2-1-3-5-15)25-10-7-16(8-11-25)26-14-24-18-13-23-21-17(20(18)26)6-9-22-21;1-4-14-5-2-9(1)18-8-17-11-7-16-13-10(12(11)18)3-6-15-13/h1-6,9,13-14,16H,7-8,10-12H2,(H,22,23);3,6-9,14H,1-2,4-5H2,(H,15,16). The van der Waals surface area contributed by atoms with Crippen molar-refractivity contribution in [3.63, 3.8) is 0 Å². The first-order chi connectivity index (χ1) is 22.2. The number of rotatable bonds is 4. The number of carbonyl (C=O) groups excluding carboxylic acids is 1. The Kier molecular flexibility index (Phi) is 7.22. The van der Waals surface area contributed by atoms with Crippen molar-refractivity contribution < 1.29 is 4.79 Å². The Morgan fingerprint density at radius 2 is 1.27 bits per heavy atom. The molecule has 8 heterocycles. The van der Waals surface area contributed by atoms with Gasteiger partial charge in [-0.2, -0.15) is 0 Å². The van der Waals surface area contributed by atoms with E-state index in [2.05, 4.69) is 56.5 Å². The van der Waals surface area contributed by atoms with Crippen molar-refractivity contribution >= 4 is 50.0 Å². The van der Waals surface area contributed by atoms with E-state index >= 15 is 0 Å². The summed E-state index contributed by atoms with van der Waals surface area (Å²) >= 11 is 0. The smallest absolute Gasteiger partial charge is 0.226 e. The van der Waals surface area contributed by atoms with E-state index in [1.807, 2.05) is 72.7 Å². The van der Waals surface area contributed by atoms with E-state index in [9.17, 15) is 4.79 Å².